The van der Waals surface area contributed by atoms with Crippen LogP contribution < -0.4 is 10.2 Å². The van der Waals surface area contributed by atoms with Crippen molar-refractivity contribution in [2.45, 2.75) is 18.9 Å². The second kappa shape index (κ2) is 10.3. The van der Waals surface area contributed by atoms with Crippen molar-refractivity contribution in [1.82, 2.24) is 5.32 Å². The fourth-order valence-electron chi connectivity index (χ4n) is 3.96. The molecule has 0 radical (unpaired) electrons. The molecule has 0 aliphatic heterocycles. The van der Waals surface area contributed by atoms with Crippen LogP contribution in [0.5, 0.6) is 0 Å². The van der Waals surface area contributed by atoms with Crippen molar-refractivity contribution >= 4 is 39.9 Å². The molecular formula is C28H25ClN2O2. The van der Waals surface area contributed by atoms with E-state index >= 15 is 0 Å². The first-order valence-electron chi connectivity index (χ1n) is 10.8. The van der Waals surface area contributed by atoms with E-state index in [-0.39, 0.29) is 18.2 Å². The highest BCUT2D eigenvalue weighted by Crippen LogP contribution is 2.21. The van der Waals surface area contributed by atoms with Crippen molar-refractivity contribution in [3.8, 4) is 0 Å². The molecule has 5 heteroatoms. The van der Waals surface area contributed by atoms with E-state index in [1.165, 1.54) is 4.90 Å². The third-order valence-corrected chi connectivity index (χ3v) is 5.91. The monoisotopic (exact) mass is 456 g/mol. The van der Waals surface area contributed by atoms with E-state index in [9.17, 15) is 9.59 Å². The number of carbonyl (C=O) groups excluding carboxylic acids is 2. The van der Waals surface area contributed by atoms with Crippen molar-refractivity contribution in [3.63, 3.8) is 0 Å². The topological polar surface area (TPSA) is 49.4 Å². The van der Waals surface area contributed by atoms with Crippen molar-refractivity contribution < 1.29 is 9.59 Å². The highest BCUT2D eigenvalue weighted by molar-refractivity contribution is 6.30. The highest BCUT2D eigenvalue weighted by Gasteiger charge is 2.25. The number of rotatable bonds is 7. The van der Waals surface area contributed by atoms with Gasteiger partial charge in [-0.15, -0.1) is 0 Å². The summed E-state index contributed by atoms with van der Waals surface area (Å²) in [6.45, 7) is 0. The van der Waals surface area contributed by atoms with Gasteiger partial charge in [-0.1, -0.05) is 90.5 Å². The number of fused-ring (bicyclic) bond motifs is 1. The van der Waals surface area contributed by atoms with Crippen molar-refractivity contribution in [2.24, 2.45) is 0 Å². The maximum Gasteiger partial charge on any atom is 0.249 e. The molecule has 0 bridgehead atoms. The predicted octanol–water partition coefficient (Wildman–Crippen LogP) is 5.43. The van der Waals surface area contributed by atoms with Crippen LogP contribution >= 0.6 is 11.6 Å². The maximum atomic E-state index is 13.4. The Hall–Kier alpha value is -3.63. The normalized spacial score (nSPS) is 11.7. The van der Waals surface area contributed by atoms with Gasteiger partial charge in [-0.2, -0.15) is 0 Å². The van der Waals surface area contributed by atoms with Crippen LogP contribution in [-0.4, -0.2) is 24.9 Å². The van der Waals surface area contributed by atoms with Gasteiger partial charge in [0.05, 0.1) is 6.42 Å². The van der Waals surface area contributed by atoms with E-state index in [4.69, 9.17) is 11.6 Å². The molecule has 4 aromatic carbocycles. The van der Waals surface area contributed by atoms with Crippen LogP contribution in [0, 0.1) is 0 Å². The minimum Gasteiger partial charge on any atom is -0.344 e. The third-order valence-electron chi connectivity index (χ3n) is 5.67. The van der Waals surface area contributed by atoms with Crippen molar-refractivity contribution in [1.29, 1.82) is 0 Å². The molecule has 1 unspecified atom stereocenters. The number of amides is 2. The maximum absolute atomic E-state index is 13.4. The van der Waals surface area contributed by atoms with Gasteiger partial charge in [-0.3, -0.25) is 9.59 Å². The molecule has 0 spiro atoms. The SMILES string of the molecule is CN(C(=O)C(Cc1ccccc1)NC(=O)Cc1cccc2ccccc12)c1cccc(Cl)c1. The number of nitrogens with one attached hydrogen (secondary N) is 1. The van der Waals surface area contributed by atoms with Gasteiger partial charge < -0.3 is 10.2 Å². The van der Waals surface area contributed by atoms with E-state index < -0.39 is 6.04 Å². The zero-order chi connectivity index (χ0) is 23.2. The Bertz CT molecular complexity index is 1270. The number of hydrogen-bond donors (Lipinski definition) is 1. The fraction of sp³-hybridized carbons (Fsp3) is 0.143. The first-order chi connectivity index (χ1) is 16.0. The molecule has 0 aromatic heterocycles. The van der Waals surface area contributed by atoms with E-state index in [1.54, 1.807) is 25.2 Å². The summed E-state index contributed by atoms with van der Waals surface area (Å²) in [5.41, 5.74) is 2.58. The van der Waals surface area contributed by atoms with E-state index in [2.05, 4.69) is 5.32 Å². The summed E-state index contributed by atoms with van der Waals surface area (Å²) in [5.74, 6) is -0.396. The van der Waals surface area contributed by atoms with E-state index in [0.29, 0.717) is 17.1 Å². The molecule has 4 aromatic rings. The lowest BCUT2D eigenvalue weighted by Gasteiger charge is -2.25. The Morgan fingerprint density at radius 2 is 1.58 bits per heavy atom. The van der Waals surface area contributed by atoms with Crippen LogP contribution in [0.15, 0.2) is 97.1 Å². The minimum atomic E-state index is -0.709. The standard InChI is InChI=1S/C28H25ClN2O2/c1-31(24-15-8-14-23(29)19-24)28(33)26(17-20-9-3-2-4-10-20)30-27(32)18-22-13-7-12-21-11-5-6-16-25(21)22/h2-16,19,26H,17-18H2,1H3,(H,30,32). The summed E-state index contributed by atoms with van der Waals surface area (Å²) in [7, 11) is 1.70. The molecule has 4 rings (SSSR count). The number of benzene rings is 4. The van der Waals surface area contributed by atoms with Crippen molar-refractivity contribution in [2.75, 3.05) is 11.9 Å². The molecule has 33 heavy (non-hydrogen) atoms. The first-order valence-corrected chi connectivity index (χ1v) is 11.2. The molecule has 2 amide bonds. The summed E-state index contributed by atoms with van der Waals surface area (Å²) in [4.78, 5) is 28.0. The molecule has 0 aliphatic carbocycles. The lowest BCUT2D eigenvalue weighted by atomic mass is 10.0. The van der Waals surface area contributed by atoms with Gasteiger partial charge in [-0.05, 0) is 40.1 Å². The number of likely N-dealkylation sites (N-methyl/N-ethyl adjacent to an activating group) is 1. The van der Waals surface area contributed by atoms with Crippen LogP contribution in [-0.2, 0) is 22.4 Å². The lowest BCUT2D eigenvalue weighted by molar-refractivity contribution is -0.127. The van der Waals surface area contributed by atoms with Gasteiger partial charge in [0.2, 0.25) is 11.8 Å². The number of carbonyl (C=O) groups is 2. The Morgan fingerprint density at radius 1 is 0.879 bits per heavy atom. The van der Waals surface area contributed by atoms with Crippen LogP contribution in [0.3, 0.4) is 0 Å². The van der Waals surface area contributed by atoms with E-state index in [0.717, 1.165) is 21.9 Å². The summed E-state index contributed by atoms with van der Waals surface area (Å²) in [6.07, 6.45) is 0.590. The number of hydrogen-bond acceptors (Lipinski definition) is 2. The summed E-state index contributed by atoms with van der Waals surface area (Å²) >= 11 is 6.12. The molecule has 0 heterocycles. The predicted molar refractivity (Wildman–Crippen MR) is 135 cm³/mol. The molecule has 0 saturated heterocycles. The second-order valence-corrected chi connectivity index (χ2v) is 8.44. The molecule has 1 N–H and O–H groups in total. The van der Waals surface area contributed by atoms with Gasteiger partial charge in [0.25, 0.3) is 0 Å². The Morgan fingerprint density at radius 3 is 2.36 bits per heavy atom. The fourth-order valence-corrected chi connectivity index (χ4v) is 4.15. The highest BCUT2D eigenvalue weighted by atomic mass is 35.5. The molecule has 4 nitrogen and oxygen atoms in total. The zero-order valence-corrected chi connectivity index (χ0v) is 19.1. The third kappa shape index (κ3) is 5.60. The van der Waals surface area contributed by atoms with Crippen LogP contribution in [0.1, 0.15) is 11.1 Å². The number of anilines is 1. The average Bonchev–Trinajstić information content (AvgIpc) is 2.83. The van der Waals surface area contributed by atoms with Gasteiger partial charge in [0, 0.05) is 24.2 Å². The smallest absolute Gasteiger partial charge is 0.249 e. The second-order valence-electron chi connectivity index (χ2n) is 8.00. The van der Waals surface area contributed by atoms with Gasteiger partial charge in [0.15, 0.2) is 0 Å². The Kier molecular flexibility index (Phi) is 7.06. The Balaban J connectivity index is 1.56. The quantitative estimate of drug-likeness (QED) is 0.403. The number of halogens is 1. The summed E-state index contributed by atoms with van der Waals surface area (Å²) < 4.78 is 0. The van der Waals surface area contributed by atoms with Crippen LogP contribution in [0.2, 0.25) is 5.02 Å². The van der Waals surface area contributed by atoms with E-state index in [1.807, 2.05) is 78.9 Å². The van der Waals surface area contributed by atoms with Gasteiger partial charge >= 0.3 is 0 Å². The van der Waals surface area contributed by atoms with Gasteiger partial charge in [-0.25, -0.2) is 0 Å². The van der Waals surface area contributed by atoms with Crippen LogP contribution in [0.4, 0.5) is 5.69 Å². The minimum absolute atomic E-state index is 0.194. The van der Waals surface area contributed by atoms with Crippen LogP contribution in [0.25, 0.3) is 10.8 Å². The average molecular weight is 457 g/mol. The van der Waals surface area contributed by atoms with Crippen molar-refractivity contribution in [3.05, 3.63) is 113 Å². The molecule has 1 atom stereocenters. The first kappa shape index (κ1) is 22.6. The summed E-state index contributed by atoms with van der Waals surface area (Å²) in [6, 6.07) is 30.0. The van der Waals surface area contributed by atoms with Gasteiger partial charge in [0.1, 0.15) is 6.04 Å². The Labute approximate surface area is 198 Å². The number of nitrogens with zero attached hydrogens (tertiary/aromatic N) is 1. The molecule has 0 aliphatic rings. The molecule has 0 fully saturated rings. The largest absolute Gasteiger partial charge is 0.344 e. The molecule has 166 valence electrons. The zero-order valence-electron chi connectivity index (χ0n) is 18.4. The summed E-state index contributed by atoms with van der Waals surface area (Å²) in [5, 5.41) is 5.65. The molecular weight excluding hydrogens is 432 g/mol. The molecule has 0 saturated carbocycles. The lowest BCUT2D eigenvalue weighted by Crippen LogP contribution is -2.49.